The normalized spacial score (nSPS) is 16.7. The van der Waals surface area contributed by atoms with Crippen LogP contribution in [0.2, 0.25) is 0 Å². The first-order valence-corrected chi connectivity index (χ1v) is 7.88. The third kappa shape index (κ3) is 2.29. The van der Waals surface area contributed by atoms with Crippen molar-refractivity contribution in [3.8, 4) is 0 Å². The zero-order valence-corrected chi connectivity index (χ0v) is 12.1. The molecule has 1 aliphatic rings. The summed E-state index contributed by atoms with van der Waals surface area (Å²) in [5.74, 6) is 0.0803. The minimum absolute atomic E-state index is 0.288. The van der Waals surface area contributed by atoms with E-state index in [1.165, 1.54) is 12.1 Å². The molecule has 0 atom stereocenters. The number of benzene rings is 1. The van der Waals surface area contributed by atoms with Crippen LogP contribution in [-0.4, -0.2) is 23.2 Å². The number of rotatable bonds is 2. The van der Waals surface area contributed by atoms with Gasteiger partial charge >= 0.3 is 0 Å². The highest BCUT2D eigenvalue weighted by atomic mass is 32.1. The van der Waals surface area contributed by atoms with Gasteiger partial charge in [-0.1, -0.05) is 5.16 Å². The Labute approximate surface area is 125 Å². The van der Waals surface area contributed by atoms with E-state index in [1.807, 2.05) is 11.6 Å². The van der Waals surface area contributed by atoms with E-state index < -0.39 is 0 Å². The van der Waals surface area contributed by atoms with Crippen molar-refractivity contribution in [3.05, 3.63) is 41.3 Å². The molecule has 0 radical (unpaired) electrons. The average Bonchev–Trinajstić information content (AvgIpc) is 3.16. The molecule has 21 heavy (non-hydrogen) atoms. The predicted molar refractivity (Wildman–Crippen MR) is 80.3 cm³/mol. The van der Waals surface area contributed by atoms with E-state index in [1.54, 1.807) is 17.4 Å². The van der Waals surface area contributed by atoms with Crippen LogP contribution in [0.15, 0.2) is 34.3 Å². The van der Waals surface area contributed by atoms with Gasteiger partial charge in [0.1, 0.15) is 5.82 Å². The Balaban J connectivity index is 1.55. The molecule has 0 bridgehead atoms. The second kappa shape index (κ2) is 5.11. The smallest absolute Gasteiger partial charge is 0.185 e. The van der Waals surface area contributed by atoms with E-state index in [2.05, 4.69) is 15.0 Å². The van der Waals surface area contributed by atoms with Crippen molar-refractivity contribution in [2.24, 2.45) is 0 Å². The number of hydrogen-bond acceptors (Lipinski definition) is 5. The van der Waals surface area contributed by atoms with E-state index in [4.69, 9.17) is 4.52 Å². The van der Waals surface area contributed by atoms with E-state index >= 15 is 0 Å². The van der Waals surface area contributed by atoms with Gasteiger partial charge in [-0.2, -0.15) is 0 Å². The van der Waals surface area contributed by atoms with E-state index in [0.717, 1.165) is 42.1 Å². The van der Waals surface area contributed by atoms with Crippen molar-refractivity contribution in [1.29, 1.82) is 0 Å². The Morgan fingerprint density at radius 3 is 2.90 bits per heavy atom. The van der Waals surface area contributed by atoms with Gasteiger partial charge < -0.3 is 9.42 Å². The first-order chi connectivity index (χ1) is 10.3. The lowest BCUT2D eigenvalue weighted by Crippen LogP contribution is -2.32. The molecule has 2 aromatic heterocycles. The Bertz CT molecular complexity index is 747. The lowest BCUT2D eigenvalue weighted by Gasteiger charge is -2.30. The van der Waals surface area contributed by atoms with Crippen molar-refractivity contribution >= 4 is 27.4 Å². The zero-order valence-electron chi connectivity index (χ0n) is 11.3. The van der Waals surface area contributed by atoms with Crippen molar-refractivity contribution < 1.29 is 8.91 Å². The van der Waals surface area contributed by atoms with Crippen molar-refractivity contribution in [2.75, 3.05) is 18.0 Å². The molecule has 108 valence electrons. The fourth-order valence-corrected chi connectivity index (χ4v) is 3.64. The molecule has 0 unspecified atom stereocenters. The monoisotopic (exact) mass is 303 g/mol. The summed E-state index contributed by atoms with van der Waals surface area (Å²) >= 11 is 1.67. The van der Waals surface area contributed by atoms with Crippen LogP contribution in [0.4, 0.5) is 9.52 Å². The third-order valence-corrected chi connectivity index (χ3v) is 4.87. The van der Waals surface area contributed by atoms with Crippen LogP contribution in [0.5, 0.6) is 0 Å². The molecule has 0 aliphatic carbocycles. The summed E-state index contributed by atoms with van der Waals surface area (Å²) in [6.07, 6.45) is 3.86. The van der Waals surface area contributed by atoms with E-state index in [9.17, 15) is 4.39 Å². The van der Waals surface area contributed by atoms with Crippen LogP contribution in [0.25, 0.3) is 11.0 Å². The van der Waals surface area contributed by atoms with Gasteiger partial charge in [-0.15, -0.1) is 11.3 Å². The lowest BCUT2D eigenvalue weighted by molar-refractivity contribution is 0.416. The standard InChI is InChI=1S/C15H14FN3OS/c16-11-1-2-12-13(9-11)20-18-14(12)10-3-6-19(7-4-10)15-17-5-8-21-15/h1-2,5,8-10H,3-4,6-7H2. The van der Waals surface area contributed by atoms with Crippen LogP contribution < -0.4 is 4.90 Å². The molecule has 4 nitrogen and oxygen atoms in total. The highest BCUT2D eigenvalue weighted by Crippen LogP contribution is 2.34. The molecule has 0 amide bonds. The minimum Gasteiger partial charge on any atom is -0.356 e. The molecule has 6 heteroatoms. The van der Waals surface area contributed by atoms with E-state index in [-0.39, 0.29) is 5.82 Å². The summed E-state index contributed by atoms with van der Waals surface area (Å²) in [5.41, 5.74) is 1.50. The summed E-state index contributed by atoms with van der Waals surface area (Å²) in [5, 5.41) is 8.19. The number of hydrogen-bond donors (Lipinski definition) is 0. The molecule has 1 aliphatic heterocycles. The number of anilines is 1. The van der Waals surface area contributed by atoms with Crippen LogP contribution in [0, 0.1) is 5.82 Å². The Hall–Kier alpha value is -1.95. The quantitative estimate of drug-likeness (QED) is 0.722. The second-order valence-corrected chi connectivity index (χ2v) is 6.16. The number of aromatic nitrogens is 2. The van der Waals surface area contributed by atoms with Gasteiger partial charge in [-0.25, -0.2) is 9.37 Å². The Morgan fingerprint density at radius 2 is 2.14 bits per heavy atom. The van der Waals surface area contributed by atoms with Gasteiger partial charge in [0, 0.05) is 42.0 Å². The number of thiazole rings is 1. The summed E-state index contributed by atoms with van der Waals surface area (Å²) in [6, 6.07) is 4.63. The summed E-state index contributed by atoms with van der Waals surface area (Å²) in [7, 11) is 0. The lowest BCUT2D eigenvalue weighted by atomic mass is 9.92. The van der Waals surface area contributed by atoms with Gasteiger partial charge in [0.2, 0.25) is 0 Å². The van der Waals surface area contributed by atoms with Crippen molar-refractivity contribution in [2.45, 2.75) is 18.8 Å². The number of halogens is 1. The molecule has 3 aromatic rings. The highest BCUT2D eigenvalue weighted by Gasteiger charge is 2.25. The largest absolute Gasteiger partial charge is 0.356 e. The topological polar surface area (TPSA) is 42.2 Å². The maximum Gasteiger partial charge on any atom is 0.185 e. The first kappa shape index (κ1) is 12.8. The molecule has 3 heterocycles. The van der Waals surface area contributed by atoms with Gasteiger partial charge in [0.05, 0.1) is 5.69 Å². The average molecular weight is 303 g/mol. The zero-order chi connectivity index (χ0) is 14.2. The summed E-state index contributed by atoms with van der Waals surface area (Å²) < 4.78 is 18.5. The first-order valence-electron chi connectivity index (χ1n) is 7.00. The molecule has 1 saturated heterocycles. The van der Waals surface area contributed by atoms with Crippen LogP contribution >= 0.6 is 11.3 Å². The molecule has 0 spiro atoms. The number of piperidine rings is 1. The molecular weight excluding hydrogens is 289 g/mol. The van der Waals surface area contributed by atoms with Crippen LogP contribution in [-0.2, 0) is 0 Å². The Morgan fingerprint density at radius 1 is 1.29 bits per heavy atom. The summed E-state index contributed by atoms with van der Waals surface area (Å²) in [6.45, 7) is 1.93. The SMILES string of the molecule is Fc1ccc2c(C3CCN(c4nccs4)CC3)noc2c1. The fraction of sp³-hybridized carbons (Fsp3) is 0.333. The van der Waals surface area contributed by atoms with Gasteiger partial charge in [-0.05, 0) is 25.0 Å². The molecule has 4 rings (SSSR count). The van der Waals surface area contributed by atoms with Crippen molar-refractivity contribution in [1.82, 2.24) is 10.1 Å². The molecule has 0 saturated carbocycles. The van der Waals surface area contributed by atoms with Crippen LogP contribution in [0.3, 0.4) is 0 Å². The van der Waals surface area contributed by atoms with Crippen LogP contribution in [0.1, 0.15) is 24.5 Å². The van der Waals surface area contributed by atoms with Gasteiger partial charge in [-0.3, -0.25) is 0 Å². The maximum absolute atomic E-state index is 13.2. The molecule has 1 aromatic carbocycles. The fourth-order valence-electron chi connectivity index (χ4n) is 2.94. The molecule has 1 fully saturated rings. The molecule has 0 N–H and O–H groups in total. The summed E-state index contributed by atoms with van der Waals surface area (Å²) in [4.78, 5) is 6.66. The van der Waals surface area contributed by atoms with Gasteiger partial charge in [0.25, 0.3) is 0 Å². The third-order valence-electron chi connectivity index (χ3n) is 4.03. The molecular formula is C15H14FN3OS. The maximum atomic E-state index is 13.2. The number of fused-ring (bicyclic) bond motifs is 1. The van der Waals surface area contributed by atoms with Gasteiger partial charge in [0.15, 0.2) is 10.7 Å². The Kier molecular flexibility index (Phi) is 3.11. The second-order valence-electron chi connectivity index (χ2n) is 5.28. The highest BCUT2D eigenvalue weighted by molar-refractivity contribution is 7.13. The minimum atomic E-state index is -0.288. The van der Waals surface area contributed by atoms with Crippen molar-refractivity contribution in [3.63, 3.8) is 0 Å². The van der Waals surface area contributed by atoms with E-state index in [0.29, 0.717) is 11.5 Å². The predicted octanol–water partition coefficient (Wildman–Crippen LogP) is 3.81. The number of nitrogens with zero attached hydrogens (tertiary/aromatic N) is 3.